The molecule has 1 rings (SSSR count). The van der Waals surface area contributed by atoms with Gasteiger partial charge < -0.3 is 15.4 Å². The molecule has 0 aromatic heterocycles. The van der Waals surface area contributed by atoms with Gasteiger partial charge in [-0.2, -0.15) is 0 Å². The van der Waals surface area contributed by atoms with Crippen molar-refractivity contribution in [2.45, 2.75) is 46.3 Å². The highest BCUT2D eigenvalue weighted by atomic mass is 19.1. The van der Waals surface area contributed by atoms with E-state index in [4.69, 9.17) is 4.74 Å². The van der Waals surface area contributed by atoms with Crippen molar-refractivity contribution in [2.24, 2.45) is 4.99 Å². The zero-order valence-corrected chi connectivity index (χ0v) is 13.9. The van der Waals surface area contributed by atoms with Crippen LogP contribution >= 0.6 is 0 Å². The van der Waals surface area contributed by atoms with Crippen LogP contribution in [-0.2, 0) is 17.9 Å². The fourth-order valence-electron chi connectivity index (χ4n) is 2.09. The number of benzene rings is 1. The van der Waals surface area contributed by atoms with Gasteiger partial charge in [0.15, 0.2) is 5.96 Å². The Morgan fingerprint density at radius 1 is 1.23 bits per heavy atom. The summed E-state index contributed by atoms with van der Waals surface area (Å²) in [5, 5.41) is 6.54. The van der Waals surface area contributed by atoms with Crippen LogP contribution in [0.1, 0.15) is 44.2 Å². The van der Waals surface area contributed by atoms with Crippen molar-refractivity contribution in [1.29, 1.82) is 0 Å². The third kappa shape index (κ3) is 6.89. The van der Waals surface area contributed by atoms with E-state index < -0.39 is 0 Å². The standard InChI is InChI=1S/C17H28FN3O/c1-4-6-7-10-20-17(19-5-2)21-12-14-8-9-16(18)15(11-14)13-22-3/h8-9,11H,4-7,10,12-13H2,1-3H3,(H2,19,20,21). The minimum Gasteiger partial charge on any atom is -0.380 e. The van der Waals surface area contributed by atoms with E-state index in [1.807, 2.05) is 13.0 Å². The fourth-order valence-corrected chi connectivity index (χ4v) is 2.09. The maximum Gasteiger partial charge on any atom is 0.191 e. The van der Waals surface area contributed by atoms with Crippen molar-refractivity contribution in [3.05, 3.63) is 35.1 Å². The van der Waals surface area contributed by atoms with Gasteiger partial charge in [-0.3, -0.25) is 0 Å². The van der Waals surface area contributed by atoms with Crippen molar-refractivity contribution in [1.82, 2.24) is 10.6 Å². The molecule has 0 spiro atoms. The maximum absolute atomic E-state index is 13.6. The van der Waals surface area contributed by atoms with Crippen molar-refractivity contribution >= 4 is 5.96 Å². The number of unbranched alkanes of at least 4 members (excludes halogenated alkanes) is 2. The highest BCUT2D eigenvalue weighted by molar-refractivity contribution is 5.79. The molecule has 124 valence electrons. The van der Waals surface area contributed by atoms with Crippen molar-refractivity contribution in [2.75, 3.05) is 20.2 Å². The Labute approximate surface area is 133 Å². The molecule has 0 aliphatic carbocycles. The zero-order chi connectivity index (χ0) is 16.2. The zero-order valence-electron chi connectivity index (χ0n) is 13.9. The molecule has 1 aromatic rings. The molecule has 0 bridgehead atoms. The molecule has 0 heterocycles. The summed E-state index contributed by atoms with van der Waals surface area (Å²) in [4.78, 5) is 4.54. The minimum atomic E-state index is -0.237. The molecule has 4 nitrogen and oxygen atoms in total. The number of rotatable bonds is 9. The lowest BCUT2D eigenvalue weighted by Crippen LogP contribution is -2.37. The van der Waals surface area contributed by atoms with E-state index in [1.54, 1.807) is 13.2 Å². The highest BCUT2D eigenvalue weighted by Crippen LogP contribution is 2.12. The Morgan fingerprint density at radius 2 is 2.05 bits per heavy atom. The molecule has 0 fully saturated rings. The van der Waals surface area contributed by atoms with Gasteiger partial charge in [0.25, 0.3) is 0 Å². The predicted molar refractivity (Wildman–Crippen MR) is 89.5 cm³/mol. The van der Waals surface area contributed by atoms with Gasteiger partial charge in [-0.1, -0.05) is 25.8 Å². The second-order valence-corrected chi connectivity index (χ2v) is 5.19. The Kier molecular flexibility index (Phi) is 9.23. The lowest BCUT2D eigenvalue weighted by molar-refractivity contribution is 0.181. The lowest BCUT2D eigenvalue weighted by atomic mass is 10.1. The minimum absolute atomic E-state index is 0.237. The van der Waals surface area contributed by atoms with E-state index in [9.17, 15) is 4.39 Å². The van der Waals surface area contributed by atoms with Crippen LogP contribution in [0.3, 0.4) is 0 Å². The van der Waals surface area contributed by atoms with E-state index in [1.165, 1.54) is 18.9 Å². The first-order valence-corrected chi connectivity index (χ1v) is 7.99. The largest absolute Gasteiger partial charge is 0.380 e. The monoisotopic (exact) mass is 309 g/mol. The summed E-state index contributed by atoms with van der Waals surface area (Å²) in [5.41, 5.74) is 1.54. The summed E-state index contributed by atoms with van der Waals surface area (Å²) in [6.45, 7) is 6.75. The summed E-state index contributed by atoms with van der Waals surface area (Å²) in [7, 11) is 1.56. The summed E-state index contributed by atoms with van der Waals surface area (Å²) in [6, 6.07) is 5.04. The Hall–Kier alpha value is -1.62. The number of aliphatic imine (C=N–C) groups is 1. The van der Waals surface area contributed by atoms with Gasteiger partial charge in [0, 0.05) is 25.8 Å². The van der Waals surface area contributed by atoms with Crippen molar-refractivity contribution in [3.63, 3.8) is 0 Å². The molecular weight excluding hydrogens is 281 g/mol. The number of nitrogens with one attached hydrogen (secondary N) is 2. The van der Waals surface area contributed by atoms with Crippen LogP contribution in [0.4, 0.5) is 4.39 Å². The Balaban J connectivity index is 2.62. The molecule has 0 unspecified atom stereocenters. The first-order chi connectivity index (χ1) is 10.7. The summed E-state index contributed by atoms with van der Waals surface area (Å²) >= 11 is 0. The number of hydrogen-bond donors (Lipinski definition) is 2. The topological polar surface area (TPSA) is 45.7 Å². The number of halogens is 1. The number of methoxy groups -OCH3 is 1. The second-order valence-electron chi connectivity index (χ2n) is 5.19. The first kappa shape index (κ1) is 18.4. The quantitative estimate of drug-likeness (QED) is 0.418. The molecule has 0 aliphatic rings. The molecule has 0 saturated heterocycles. The van der Waals surface area contributed by atoms with Crippen LogP contribution in [0.15, 0.2) is 23.2 Å². The van der Waals surface area contributed by atoms with E-state index in [2.05, 4.69) is 22.5 Å². The Morgan fingerprint density at radius 3 is 2.73 bits per heavy atom. The average molecular weight is 309 g/mol. The number of hydrogen-bond acceptors (Lipinski definition) is 2. The molecule has 5 heteroatoms. The van der Waals surface area contributed by atoms with E-state index in [-0.39, 0.29) is 12.4 Å². The molecular formula is C17H28FN3O. The van der Waals surface area contributed by atoms with E-state index in [0.717, 1.165) is 31.0 Å². The third-order valence-corrected chi connectivity index (χ3v) is 3.25. The van der Waals surface area contributed by atoms with Gasteiger partial charge in [-0.15, -0.1) is 0 Å². The molecule has 0 aliphatic heterocycles. The van der Waals surface area contributed by atoms with Gasteiger partial charge in [-0.25, -0.2) is 9.38 Å². The average Bonchev–Trinajstić information content (AvgIpc) is 2.52. The van der Waals surface area contributed by atoms with Crippen LogP contribution in [0, 0.1) is 5.82 Å². The van der Waals surface area contributed by atoms with Crippen LogP contribution in [0.2, 0.25) is 0 Å². The van der Waals surface area contributed by atoms with Gasteiger partial charge >= 0.3 is 0 Å². The van der Waals surface area contributed by atoms with Gasteiger partial charge in [0.05, 0.1) is 13.2 Å². The van der Waals surface area contributed by atoms with E-state index >= 15 is 0 Å². The summed E-state index contributed by atoms with van der Waals surface area (Å²) in [6.07, 6.45) is 3.55. The molecule has 0 amide bonds. The normalized spacial score (nSPS) is 11.5. The molecule has 1 aromatic carbocycles. The van der Waals surface area contributed by atoms with Crippen LogP contribution in [0.25, 0.3) is 0 Å². The van der Waals surface area contributed by atoms with E-state index in [0.29, 0.717) is 12.1 Å². The number of ether oxygens (including phenoxy) is 1. The Bertz CT molecular complexity index is 463. The molecule has 2 N–H and O–H groups in total. The molecule has 0 saturated carbocycles. The SMILES string of the molecule is CCCCCNC(=NCc1ccc(F)c(COC)c1)NCC. The molecule has 0 radical (unpaired) electrons. The lowest BCUT2D eigenvalue weighted by Gasteiger charge is -2.11. The number of guanidine groups is 1. The molecule has 0 atom stereocenters. The first-order valence-electron chi connectivity index (χ1n) is 7.99. The highest BCUT2D eigenvalue weighted by Gasteiger charge is 2.04. The number of nitrogens with zero attached hydrogens (tertiary/aromatic N) is 1. The van der Waals surface area contributed by atoms with Gasteiger partial charge in [0.2, 0.25) is 0 Å². The van der Waals surface area contributed by atoms with Crippen LogP contribution < -0.4 is 10.6 Å². The summed E-state index contributed by atoms with van der Waals surface area (Å²) < 4.78 is 18.6. The second kappa shape index (κ2) is 11.0. The van der Waals surface area contributed by atoms with Crippen molar-refractivity contribution < 1.29 is 9.13 Å². The van der Waals surface area contributed by atoms with Crippen LogP contribution in [0.5, 0.6) is 0 Å². The smallest absolute Gasteiger partial charge is 0.191 e. The van der Waals surface area contributed by atoms with Gasteiger partial charge in [-0.05, 0) is 31.0 Å². The van der Waals surface area contributed by atoms with Crippen molar-refractivity contribution in [3.8, 4) is 0 Å². The molecule has 22 heavy (non-hydrogen) atoms. The van der Waals surface area contributed by atoms with Crippen LogP contribution in [-0.4, -0.2) is 26.2 Å². The third-order valence-electron chi connectivity index (χ3n) is 3.25. The fraction of sp³-hybridized carbons (Fsp3) is 0.588. The predicted octanol–water partition coefficient (Wildman–Crippen LogP) is 3.22. The summed E-state index contributed by atoms with van der Waals surface area (Å²) in [5.74, 6) is 0.565. The maximum atomic E-state index is 13.6. The van der Waals surface area contributed by atoms with Gasteiger partial charge in [0.1, 0.15) is 5.82 Å².